The summed E-state index contributed by atoms with van der Waals surface area (Å²) in [6.07, 6.45) is 4.30. The van der Waals surface area contributed by atoms with E-state index >= 15 is 0 Å². The van der Waals surface area contributed by atoms with E-state index in [4.69, 9.17) is 0 Å². The molecule has 0 radical (unpaired) electrons. The first kappa shape index (κ1) is 13.2. The number of nitrogens with zero attached hydrogens (tertiary/aromatic N) is 1. The van der Waals surface area contributed by atoms with Crippen molar-refractivity contribution in [2.45, 2.75) is 51.6 Å². The normalized spacial score (nSPS) is 29.1. The molecule has 0 bridgehead atoms. The molecule has 1 saturated heterocycles. The van der Waals surface area contributed by atoms with Crippen LogP contribution in [0.2, 0.25) is 0 Å². The third-order valence-corrected chi connectivity index (χ3v) is 3.97. The summed E-state index contributed by atoms with van der Waals surface area (Å²) in [5.41, 5.74) is 0. The van der Waals surface area contributed by atoms with Crippen LogP contribution in [0.25, 0.3) is 0 Å². The van der Waals surface area contributed by atoms with E-state index in [0.29, 0.717) is 6.54 Å². The molecule has 1 heterocycles. The van der Waals surface area contributed by atoms with Crippen molar-refractivity contribution in [2.24, 2.45) is 11.8 Å². The quantitative estimate of drug-likeness (QED) is 0.802. The van der Waals surface area contributed by atoms with Crippen LogP contribution in [0.15, 0.2) is 0 Å². The lowest BCUT2D eigenvalue weighted by Gasteiger charge is -2.25. The van der Waals surface area contributed by atoms with Crippen LogP contribution in [0.5, 0.6) is 0 Å². The minimum Gasteiger partial charge on any atom is -0.480 e. The fourth-order valence-electron chi connectivity index (χ4n) is 2.76. The minimum absolute atomic E-state index is 0.0342. The van der Waals surface area contributed by atoms with Gasteiger partial charge in [-0.2, -0.15) is 0 Å². The van der Waals surface area contributed by atoms with Gasteiger partial charge in [0.05, 0.1) is 0 Å². The van der Waals surface area contributed by atoms with Gasteiger partial charge >= 0.3 is 12.0 Å². The first-order valence-corrected chi connectivity index (χ1v) is 6.79. The largest absolute Gasteiger partial charge is 0.480 e. The van der Waals surface area contributed by atoms with Crippen molar-refractivity contribution in [3.05, 3.63) is 0 Å². The van der Waals surface area contributed by atoms with Gasteiger partial charge in [-0.05, 0) is 31.6 Å². The summed E-state index contributed by atoms with van der Waals surface area (Å²) in [5, 5.41) is 12.1. The van der Waals surface area contributed by atoms with Crippen LogP contribution in [0.3, 0.4) is 0 Å². The maximum Gasteiger partial charge on any atom is 0.326 e. The molecule has 0 aromatic carbocycles. The highest BCUT2D eigenvalue weighted by Gasteiger charge is 2.39. The molecule has 2 N–H and O–H groups in total. The van der Waals surface area contributed by atoms with Crippen molar-refractivity contribution < 1.29 is 14.7 Å². The molecule has 2 rings (SSSR count). The Labute approximate surface area is 108 Å². The second kappa shape index (κ2) is 5.16. The summed E-state index contributed by atoms with van der Waals surface area (Å²) in [6, 6.07) is -0.756. The zero-order chi connectivity index (χ0) is 13.3. The predicted molar refractivity (Wildman–Crippen MR) is 67.2 cm³/mol. The highest BCUT2D eigenvalue weighted by Crippen LogP contribution is 2.33. The molecular weight excluding hydrogens is 232 g/mol. The second-order valence-corrected chi connectivity index (χ2v) is 5.77. The number of carboxylic acid groups (broad SMARTS) is 1. The Morgan fingerprint density at radius 3 is 2.61 bits per heavy atom. The summed E-state index contributed by atoms with van der Waals surface area (Å²) in [7, 11) is 0. The number of hydrogen-bond acceptors (Lipinski definition) is 2. The van der Waals surface area contributed by atoms with Crippen LogP contribution in [-0.2, 0) is 4.79 Å². The summed E-state index contributed by atoms with van der Waals surface area (Å²) in [6.45, 7) is 4.42. The molecule has 0 aromatic rings. The van der Waals surface area contributed by atoms with Crippen molar-refractivity contribution in [1.29, 1.82) is 0 Å². The maximum atomic E-state index is 12.1. The van der Waals surface area contributed by atoms with E-state index < -0.39 is 12.0 Å². The molecule has 1 aliphatic heterocycles. The summed E-state index contributed by atoms with van der Waals surface area (Å²) >= 11 is 0. The zero-order valence-corrected chi connectivity index (χ0v) is 11.1. The smallest absolute Gasteiger partial charge is 0.326 e. The number of aliphatic carboxylic acids is 1. The molecule has 0 aromatic heterocycles. The number of hydrogen-bond donors (Lipinski definition) is 2. The average molecular weight is 254 g/mol. The zero-order valence-electron chi connectivity index (χ0n) is 11.1. The molecule has 0 spiro atoms. The highest BCUT2D eigenvalue weighted by molar-refractivity contribution is 5.83. The number of carboxylic acids is 1. The van der Waals surface area contributed by atoms with Gasteiger partial charge in [0, 0.05) is 12.6 Å². The topological polar surface area (TPSA) is 69.6 Å². The van der Waals surface area contributed by atoms with E-state index in [0.717, 1.165) is 18.8 Å². The van der Waals surface area contributed by atoms with Gasteiger partial charge in [0.1, 0.15) is 6.04 Å². The first-order valence-electron chi connectivity index (χ1n) is 6.79. The first-order chi connectivity index (χ1) is 8.49. The molecule has 2 fully saturated rings. The van der Waals surface area contributed by atoms with Crippen LogP contribution in [0, 0.1) is 11.8 Å². The number of carbonyl (C=O) groups excluding carboxylic acids is 1. The van der Waals surface area contributed by atoms with E-state index in [1.807, 2.05) is 13.8 Å². The Kier molecular flexibility index (Phi) is 3.78. The Hall–Kier alpha value is -1.26. The standard InChI is InChI=1S/C13H22N2O3/c1-8-5-6-15(11(8)12(16)17)13(18)14-9(2)7-10-3-4-10/h8-11H,3-7H2,1-2H3,(H,14,18)(H,16,17). The molecule has 5 nitrogen and oxygen atoms in total. The van der Waals surface area contributed by atoms with Crippen LogP contribution in [-0.4, -0.2) is 40.6 Å². The number of likely N-dealkylation sites (tertiary alicyclic amines) is 1. The molecule has 102 valence electrons. The van der Waals surface area contributed by atoms with Crippen LogP contribution in [0.1, 0.15) is 39.5 Å². The van der Waals surface area contributed by atoms with Crippen LogP contribution in [0.4, 0.5) is 4.79 Å². The predicted octanol–water partition coefficient (Wildman–Crippen LogP) is 1.68. The number of carbonyl (C=O) groups is 2. The average Bonchev–Trinajstić information content (AvgIpc) is 2.97. The summed E-state index contributed by atoms with van der Waals surface area (Å²) in [4.78, 5) is 24.7. The Morgan fingerprint density at radius 1 is 1.39 bits per heavy atom. The highest BCUT2D eigenvalue weighted by atomic mass is 16.4. The third-order valence-electron chi connectivity index (χ3n) is 3.97. The summed E-state index contributed by atoms with van der Waals surface area (Å²) < 4.78 is 0. The van der Waals surface area contributed by atoms with Gasteiger partial charge < -0.3 is 15.3 Å². The van der Waals surface area contributed by atoms with Gasteiger partial charge in [-0.3, -0.25) is 0 Å². The van der Waals surface area contributed by atoms with Gasteiger partial charge in [-0.25, -0.2) is 9.59 Å². The van der Waals surface area contributed by atoms with E-state index in [1.54, 1.807) is 0 Å². The fraction of sp³-hybridized carbons (Fsp3) is 0.846. The number of amides is 2. The number of urea groups is 1. The molecule has 3 atom stereocenters. The lowest BCUT2D eigenvalue weighted by molar-refractivity contribution is -0.142. The van der Waals surface area contributed by atoms with Gasteiger partial charge in [0.25, 0.3) is 0 Å². The van der Waals surface area contributed by atoms with E-state index in [2.05, 4.69) is 5.32 Å². The lowest BCUT2D eigenvalue weighted by Crippen LogP contribution is -2.49. The number of rotatable bonds is 4. The molecule has 2 amide bonds. The SMILES string of the molecule is CC(CC1CC1)NC(=O)N1CCC(C)C1C(=O)O. The monoisotopic (exact) mass is 254 g/mol. The Morgan fingerprint density at radius 2 is 2.06 bits per heavy atom. The lowest BCUT2D eigenvalue weighted by atomic mass is 10.0. The fourth-order valence-corrected chi connectivity index (χ4v) is 2.76. The minimum atomic E-state index is -0.898. The number of nitrogens with one attached hydrogen (secondary N) is 1. The van der Waals surface area contributed by atoms with Crippen LogP contribution >= 0.6 is 0 Å². The molecule has 18 heavy (non-hydrogen) atoms. The molecule has 5 heteroatoms. The van der Waals surface area contributed by atoms with Gasteiger partial charge in [-0.15, -0.1) is 0 Å². The van der Waals surface area contributed by atoms with E-state index in [9.17, 15) is 14.7 Å². The second-order valence-electron chi connectivity index (χ2n) is 5.77. The van der Waals surface area contributed by atoms with Gasteiger partial charge in [0.2, 0.25) is 0 Å². The van der Waals surface area contributed by atoms with E-state index in [-0.39, 0.29) is 18.0 Å². The summed E-state index contributed by atoms with van der Waals surface area (Å²) in [5.74, 6) is -0.106. The molecule has 3 unspecified atom stereocenters. The van der Waals surface area contributed by atoms with Crippen LogP contribution < -0.4 is 5.32 Å². The molecule has 1 saturated carbocycles. The molecule has 1 aliphatic carbocycles. The van der Waals surface area contributed by atoms with E-state index in [1.165, 1.54) is 17.7 Å². The van der Waals surface area contributed by atoms with Crippen molar-refractivity contribution in [1.82, 2.24) is 10.2 Å². The van der Waals surface area contributed by atoms with Crippen molar-refractivity contribution in [2.75, 3.05) is 6.54 Å². The Bertz CT molecular complexity index is 341. The molecule has 2 aliphatic rings. The molecular formula is C13H22N2O3. The van der Waals surface area contributed by atoms with Crippen molar-refractivity contribution in [3.63, 3.8) is 0 Å². The maximum absolute atomic E-state index is 12.1. The van der Waals surface area contributed by atoms with Gasteiger partial charge in [0.15, 0.2) is 0 Å². The Balaban J connectivity index is 1.88. The van der Waals surface area contributed by atoms with Gasteiger partial charge in [-0.1, -0.05) is 19.8 Å². The third kappa shape index (κ3) is 2.94. The van der Waals surface area contributed by atoms with Crippen molar-refractivity contribution >= 4 is 12.0 Å². The van der Waals surface area contributed by atoms with Crippen molar-refractivity contribution in [3.8, 4) is 0 Å².